The average molecular weight is 998 g/mol. The summed E-state index contributed by atoms with van der Waals surface area (Å²) in [6.45, 7) is 4.46. The number of hydrogen-bond donors (Lipinski definition) is 1. The minimum Gasteiger partial charge on any atom is -0.462 e. The molecule has 9 nitrogen and oxygen atoms in total. The van der Waals surface area contributed by atoms with Gasteiger partial charge in [0.05, 0.1) is 27.7 Å². The van der Waals surface area contributed by atoms with Gasteiger partial charge in [-0.1, -0.05) is 237 Å². The van der Waals surface area contributed by atoms with E-state index in [-0.39, 0.29) is 32.0 Å². The highest BCUT2D eigenvalue weighted by atomic mass is 31.2. The third kappa shape index (κ3) is 55.7. The van der Waals surface area contributed by atoms with E-state index in [0.29, 0.717) is 17.4 Å². The molecule has 0 aromatic carbocycles. The van der Waals surface area contributed by atoms with Gasteiger partial charge in [0.15, 0.2) is 6.10 Å². The summed E-state index contributed by atoms with van der Waals surface area (Å²) < 4.78 is 34.5. The van der Waals surface area contributed by atoms with Crippen LogP contribution in [0, 0.1) is 0 Å². The number of carbonyl (C=O) groups excluding carboxylic acids is 2. The van der Waals surface area contributed by atoms with Crippen LogP contribution in [-0.4, -0.2) is 74.9 Å². The molecular weight excluding hydrogens is 882 g/mol. The number of unbranched alkanes of at least 4 members (excludes halogenated alkanes) is 37. The van der Waals surface area contributed by atoms with Crippen molar-refractivity contribution in [3.8, 4) is 0 Å². The predicted molar refractivity (Wildman–Crippen MR) is 294 cm³/mol. The van der Waals surface area contributed by atoms with E-state index in [1.807, 2.05) is 21.1 Å². The number of allylic oxidation sites excluding steroid dienone is 4. The maximum atomic E-state index is 12.8. The quantitative estimate of drug-likeness (QED) is 0.0211. The van der Waals surface area contributed by atoms with E-state index in [1.165, 1.54) is 205 Å². The Kier molecular flexibility index (Phi) is 50.3. The molecule has 0 radical (unpaired) electrons. The number of hydrogen-bond acceptors (Lipinski definition) is 7. The molecule has 0 aliphatic heterocycles. The summed E-state index contributed by atoms with van der Waals surface area (Å²) in [4.78, 5) is 35.6. The highest BCUT2D eigenvalue weighted by molar-refractivity contribution is 7.47. The van der Waals surface area contributed by atoms with Crippen LogP contribution >= 0.6 is 7.82 Å². The summed E-state index contributed by atoms with van der Waals surface area (Å²) in [7, 11) is 1.49. The Balaban J connectivity index is 4.07. The molecule has 0 spiro atoms. The van der Waals surface area contributed by atoms with Crippen LogP contribution in [-0.2, 0) is 32.7 Å². The van der Waals surface area contributed by atoms with Gasteiger partial charge in [-0.05, 0) is 64.2 Å². The fourth-order valence-corrected chi connectivity index (χ4v) is 9.34. The minimum absolute atomic E-state index is 0.0329. The number of ether oxygens (including phenoxy) is 2. The predicted octanol–water partition coefficient (Wildman–Crippen LogP) is 18.2. The third-order valence-corrected chi connectivity index (χ3v) is 14.2. The lowest BCUT2D eigenvalue weighted by Crippen LogP contribution is -2.37. The second-order valence-electron chi connectivity index (χ2n) is 21.4. The molecule has 2 atom stereocenters. The molecule has 0 aliphatic rings. The molecule has 0 saturated carbocycles. The van der Waals surface area contributed by atoms with Crippen molar-refractivity contribution < 1.29 is 42.1 Å². The Morgan fingerprint density at radius 2 is 0.739 bits per heavy atom. The largest absolute Gasteiger partial charge is 0.472 e. The van der Waals surface area contributed by atoms with Crippen molar-refractivity contribution >= 4 is 19.8 Å². The van der Waals surface area contributed by atoms with Crippen LogP contribution < -0.4 is 0 Å². The van der Waals surface area contributed by atoms with Crippen molar-refractivity contribution in [2.24, 2.45) is 0 Å². The maximum Gasteiger partial charge on any atom is 0.472 e. The zero-order chi connectivity index (χ0) is 50.6. The maximum absolute atomic E-state index is 12.8. The second kappa shape index (κ2) is 51.4. The van der Waals surface area contributed by atoms with Crippen molar-refractivity contribution in [3.05, 3.63) is 24.3 Å². The fourth-order valence-electron chi connectivity index (χ4n) is 8.60. The van der Waals surface area contributed by atoms with E-state index in [4.69, 9.17) is 18.5 Å². The molecule has 0 fully saturated rings. The lowest BCUT2D eigenvalue weighted by molar-refractivity contribution is -0.870. The number of phosphoric ester groups is 1. The highest BCUT2D eigenvalue weighted by Crippen LogP contribution is 2.43. The fraction of sp³-hybridized carbons (Fsp3) is 0.898. The van der Waals surface area contributed by atoms with Crippen molar-refractivity contribution in [3.63, 3.8) is 0 Å². The van der Waals surface area contributed by atoms with Crippen LogP contribution in [0.1, 0.15) is 290 Å². The van der Waals surface area contributed by atoms with Gasteiger partial charge in [-0.15, -0.1) is 0 Å². The SMILES string of the molecule is CCCCCCCCC/C=C\CCCCCCCC(=O)OCC(COP(=O)(O)OCC[N+](C)(C)C)OC(=O)CCCCCCCCCCCCCCCCCCC/C=C\CCCCCCCCCC. The molecule has 10 heteroatoms. The Bertz CT molecular complexity index is 1220. The molecule has 408 valence electrons. The first-order valence-electron chi connectivity index (χ1n) is 29.6. The van der Waals surface area contributed by atoms with Gasteiger partial charge in [-0.2, -0.15) is 0 Å². The van der Waals surface area contributed by atoms with Crippen LogP contribution in [0.2, 0.25) is 0 Å². The molecule has 0 saturated heterocycles. The van der Waals surface area contributed by atoms with Crippen LogP contribution in [0.15, 0.2) is 24.3 Å². The molecular formula is C59H115NO8P+. The Morgan fingerprint density at radius 3 is 1.07 bits per heavy atom. The number of quaternary nitrogens is 1. The van der Waals surface area contributed by atoms with Gasteiger partial charge < -0.3 is 18.9 Å². The van der Waals surface area contributed by atoms with Gasteiger partial charge in [0.1, 0.15) is 19.8 Å². The van der Waals surface area contributed by atoms with Crippen molar-refractivity contribution in [1.82, 2.24) is 0 Å². The van der Waals surface area contributed by atoms with E-state index in [0.717, 1.165) is 51.4 Å². The van der Waals surface area contributed by atoms with Crippen molar-refractivity contribution in [2.75, 3.05) is 47.5 Å². The van der Waals surface area contributed by atoms with Crippen LogP contribution in [0.3, 0.4) is 0 Å². The average Bonchev–Trinajstić information content (AvgIpc) is 3.31. The molecule has 0 aromatic rings. The van der Waals surface area contributed by atoms with Crippen LogP contribution in [0.5, 0.6) is 0 Å². The first kappa shape index (κ1) is 67.5. The molecule has 0 aromatic heterocycles. The Hall–Kier alpha value is -1.51. The number of nitrogens with zero attached hydrogens (tertiary/aromatic N) is 1. The Morgan fingerprint density at radius 1 is 0.435 bits per heavy atom. The molecule has 0 rings (SSSR count). The zero-order valence-corrected chi connectivity index (χ0v) is 47.2. The van der Waals surface area contributed by atoms with E-state index >= 15 is 0 Å². The molecule has 0 heterocycles. The van der Waals surface area contributed by atoms with Gasteiger partial charge in [0.25, 0.3) is 0 Å². The monoisotopic (exact) mass is 997 g/mol. The number of carbonyl (C=O) groups is 2. The number of phosphoric acid groups is 1. The summed E-state index contributed by atoms with van der Waals surface area (Å²) in [5.41, 5.74) is 0. The molecule has 2 unspecified atom stereocenters. The Labute approximate surface area is 428 Å². The second-order valence-corrected chi connectivity index (χ2v) is 22.8. The number of esters is 2. The summed E-state index contributed by atoms with van der Waals surface area (Å²) >= 11 is 0. The summed E-state index contributed by atoms with van der Waals surface area (Å²) in [6, 6.07) is 0. The van der Waals surface area contributed by atoms with Gasteiger partial charge >= 0.3 is 19.8 Å². The lowest BCUT2D eigenvalue weighted by Gasteiger charge is -2.24. The van der Waals surface area contributed by atoms with Gasteiger partial charge in [0.2, 0.25) is 0 Å². The van der Waals surface area contributed by atoms with E-state index in [2.05, 4.69) is 38.2 Å². The molecule has 1 N–H and O–H groups in total. The zero-order valence-electron chi connectivity index (χ0n) is 46.3. The molecule has 69 heavy (non-hydrogen) atoms. The summed E-state index contributed by atoms with van der Waals surface area (Å²) in [5.74, 6) is -0.793. The lowest BCUT2D eigenvalue weighted by atomic mass is 10.0. The van der Waals surface area contributed by atoms with Gasteiger partial charge in [-0.3, -0.25) is 18.6 Å². The van der Waals surface area contributed by atoms with Gasteiger partial charge in [-0.25, -0.2) is 4.57 Å². The first-order chi connectivity index (χ1) is 33.5. The molecule has 0 amide bonds. The smallest absolute Gasteiger partial charge is 0.462 e. The van der Waals surface area contributed by atoms with Crippen molar-refractivity contribution in [1.29, 1.82) is 0 Å². The first-order valence-corrected chi connectivity index (χ1v) is 31.1. The third-order valence-electron chi connectivity index (χ3n) is 13.2. The van der Waals surface area contributed by atoms with Crippen molar-refractivity contribution in [2.45, 2.75) is 296 Å². The standard InChI is InChI=1S/C59H114NO8P/c1-6-8-10-12-14-16-18-20-22-24-25-26-27-28-29-30-31-32-33-34-35-36-38-40-42-44-46-48-50-52-59(62)68-57(56-67-69(63,64)66-54-53-60(3,4)5)55-65-58(61)51-49-47-45-43-41-39-37-23-21-19-17-15-13-11-9-7-2/h23-25,37,57H,6-22,26-36,38-56H2,1-5H3/p+1/b25-24-,37-23-. The number of likely N-dealkylation sites (N-methyl/N-ethyl adjacent to an activating group) is 1. The topological polar surface area (TPSA) is 108 Å². The van der Waals surface area contributed by atoms with Crippen LogP contribution in [0.25, 0.3) is 0 Å². The summed E-state index contributed by atoms with van der Waals surface area (Å²) in [5, 5.41) is 0. The van der Waals surface area contributed by atoms with E-state index < -0.39 is 26.5 Å². The van der Waals surface area contributed by atoms with Gasteiger partial charge in [0, 0.05) is 12.8 Å². The molecule has 0 aliphatic carbocycles. The normalized spacial score (nSPS) is 13.4. The van der Waals surface area contributed by atoms with Crippen LogP contribution in [0.4, 0.5) is 0 Å². The van der Waals surface area contributed by atoms with E-state index in [9.17, 15) is 19.0 Å². The highest BCUT2D eigenvalue weighted by Gasteiger charge is 2.27. The molecule has 0 bridgehead atoms. The minimum atomic E-state index is -4.38. The number of rotatable bonds is 55. The van der Waals surface area contributed by atoms with E-state index in [1.54, 1.807) is 0 Å². The summed E-state index contributed by atoms with van der Waals surface area (Å²) in [6.07, 6.45) is 61.1.